The highest BCUT2D eigenvalue weighted by Gasteiger charge is 2.56. The van der Waals surface area contributed by atoms with E-state index >= 15 is 0 Å². The summed E-state index contributed by atoms with van der Waals surface area (Å²) in [7, 11) is 0. The number of aliphatic hydroxyl groups is 2. The number of aliphatic hydroxyl groups excluding tert-OH is 2. The van der Waals surface area contributed by atoms with Crippen molar-refractivity contribution in [2.24, 2.45) is 5.92 Å². The maximum absolute atomic E-state index is 14.6. The van der Waals surface area contributed by atoms with Crippen LogP contribution >= 0.6 is 0 Å². The van der Waals surface area contributed by atoms with Crippen molar-refractivity contribution in [3.8, 4) is 6.07 Å². The number of hydrogen-bond acceptors (Lipinski definition) is 5. The topological polar surface area (TPSA) is 108 Å². The number of halogens is 1. The number of rotatable bonds is 2. The molecule has 7 heteroatoms. The van der Waals surface area contributed by atoms with Gasteiger partial charge in [0.1, 0.15) is 5.41 Å². The van der Waals surface area contributed by atoms with Crippen LogP contribution in [0, 0.1) is 17.2 Å². The summed E-state index contributed by atoms with van der Waals surface area (Å²) in [6.45, 7) is -0.371. The van der Waals surface area contributed by atoms with Gasteiger partial charge in [-0.3, -0.25) is 0 Å². The minimum absolute atomic E-state index is 0.0327. The third-order valence-corrected chi connectivity index (χ3v) is 4.32. The summed E-state index contributed by atoms with van der Waals surface area (Å²) < 4.78 is 16.0. The molecule has 0 spiro atoms. The summed E-state index contributed by atoms with van der Waals surface area (Å²) >= 11 is 0. The summed E-state index contributed by atoms with van der Waals surface area (Å²) in [4.78, 5) is 0. The Labute approximate surface area is 120 Å². The van der Waals surface area contributed by atoms with E-state index in [-0.39, 0.29) is 13.0 Å². The van der Waals surface area contributed by atoms with Crippen molar-refractivity contribution in [3.63, 3.8) is 0 Å². The van der Waals surface area contributed by atoms with Crippen molar-refractivity contribution in [2.75, 3.05) is 12.3 Å². The summed E-state index contributed by atoms with van der Waals surface area (Å²) in [5.41, 5.74) is 5.69. The number of nitrogens with two attached hydrogens (primary N) is 1. The molecule has 0 unspecified atom stereocenters. The van der Waals surface area contributed by atoms with E-state index in [0.29, 0.717) is 16.9 Å². The fourth-order valence-electron chi connectivity index (χ4n) is 3.14. The molecule has 3 rings (SSSR count). The Balaban J connectivity index is 2.20. The number of alkyl halides is 1. The number of aromatic nitrogens is 2. The fraction of sp³-hybridized carbons (Fsp3) is 0.429. The maximum Gasteiger partial charge on any atom is 0.150 e. The van der Waals surface area contributed by atoms with Gasteiger partial charge in [0.2, 0.25) is 0 Å². The third kappa shape index (κ3) is 1.73. The summed E-state index contributed by atoms with van der Waals surface area (Å²) in [5.74, 6) is -0.675. The van der Waals surface area contributed by atoms with Crippen molar-refractivity contribution in [2.45, 2.75) is 24.1 Å². The van der Waals surface area contributed by atoms with Gasteiger partial charge in [-0.25, -0.2) is 8.91 Å². The zero-order valence-corrected chi connectivity index (χ0v) is 11.1. The van der Waals surface area contributed by atoms with Crippen molar-refractivity contribution in [1.82, 2.24) is 9.61 Å². The quantitative estimate of drug-likeness (QED) is 0.741. The van der Waals surface area contributed by atoms with E-state index in [4.69, 9.17) is 5.73 Å². The van der Waals surface area contributed by atoms with Gasteiger partial charge in [-0.15, -0.1) is 0 Å². The monoisotopic (exact) mass is 290 g/mol. The zero-order valence-electron chi connectivity index (χ0n) is 11.1. The van der Waals surface area contributed by atoms with Gasteiger partial charge in [-0.1, -0.05) is 0 Å². The van der Waals surface area contributed by atoms with Crippen LogP contribution in [0.2, 0.25) is 0 Å². The molecule has 21 heavy (non-hydrogen) atoms. The van der Waals surface area contributed by atoms with Gasteiger partial charge < -0.3 is 15.9 Å². The molecule has 4 atom stereocenters. The number of nitrogens with zero attached hydrogens (tertiary/aromatic N) is 3. The Morgan fingerprint density at radius 2 is 2.29 bits per heavy atom. The Hall–Kier alpha value is -2.17. The molecular formula is C14H15FN4O2. The molecule has 0 bridgehead atoms. The van der Waals surface area contributed by atoms with Crippen LogP contribution in [0.4, 0.5) is 10.1 Å². The summed E-state index contributed by atoms with van der Waals surface area (Å²) in [6, 6.07) is 6.87. The van der Waals surface area contributed by atoms with E-state index in [0.717, 1.165) is 0 Å². The number of fused-ring (bicyclic) bond motifs is 1. The summed E-state index contributed by atoms with van der Waals surface area (Å²) in [6.07, 6.45) is -1.66. The average Bonchev–Trinajstić information content (AvgIpc) is 3.03. The van der Waals surface area contributed by atoms with E-state index in [1.54, 1.807) is 18.2 Å². The molecule has 1 aliphatic carbocycles. The molecule has 0 saturated heterocycles. The molecule has 4 N–H and O–H groups in total. The van der Waals surface area contributed by atoms with Crippen LogP contribution in [0.3, 0.4) is 0 Å². The van der Waals surface area contributed by atoms with Gasteiger partial charge in [-0.05, 0) is 24.6 Å². The number of nitriles is 1. The van der Waals surface area contributed by atoms with Crippen LogP contribution in [0.5, 0.6) is 0 Å². The summed E-state index contributed by atoms with van der Waals surface area (Å²) in [5, 5.41) is 32.9. The second-order valence-electron chi connectivity index (χ2n) is 5.42. The van der Waals surface area contributed by atoms with E-state index in [9.17, 15) is 19.9 Å². The predicted molar refractivity (Wildman–Crippen MR) is 73.0 cm³/mol. The van der Waals surface area contributed by atoms with Crippen LogP contribution in [-0.4, -0.2) is 38.7 Å². The second kappa shape index (κ2) is 4.69. The van der Waals surface area contributed by atoms with E-state index in [2.05, 4.69) is 5.10 Å². The molecular weight excluding hydrogens is 275 g/mol. The number of nitrogen functional groups attached to an aromatic ring is 1. The molecule has 0 aromatic carbocycles. The van der Waals surface area contributed by atoms with Crippen LogP contribution in [0.15, 0.2) is 24.4 Å². The highest BCUT2D eigenvalue weighted by atomic mass is 19.1. The van der Waals surface area contributed by atoms with Crippen molar-refractivity contribution in [3.05, 3.63) is 30.1 Å². The minimum atomic E-state index is -1.79. The highest BCUT2D eigenvalue weighted by molar-refractivity contribution is 5.70. The molecule has 6 nitrogen and oxygen atoms in total. The molecule has 1 aliphatic rings. The van der Waals surface area contributed by atoms with Gasteiger partial charge in [0.25, 0.3) is 0 Å². The van der Waals surface area contributed by atoms with Gasteiger partial charge in [0.05, 0.1) is 29.1 Å². The van der Waals surface area contributed by atoms with E-state index in [1.165, 1.54) is 10.7 Å². The molecule has 2 heterocycles. The predicted octanol–water partition coefficient (Wildman–Crippen LogP) is 0.389. The smallest absolute Gasteiger partial charge is 0.150 e. The van der Waals surface area contributed by atoms with Crippen LogP contribution in [0.25, 0.3) is 5.52 Å². The first-order chi connectivity index (χ1) is 10.0. The average molecular weight is 290 g/mol. The van der Waals surface area contributed by atoms with Crippen LogP contribution in [-0.2, 0) is 5.41 Å². The fourth-order valence-corrected chi connectivity index (χ4v) is 3.14. The van der Waals surface area contributed by atoms with Crippen molar-refractivity contribution in [1.29, 1.82) is 5.26 Å². The first-order valence-corrected chi connectivity index (χ1v) is 6.62. The molecule has 0 aliphatic heterocycles. The molecule has 0 amide bonds. The normalized spacial score (nSPS) is 32.4. The first kappa shape index (κ1) is 13.8. The van der Waals surface area contributed by atoms with Crippen molar-refractivity contribution >= 4 is 11.2 Å². The zero-order chi connectivity index (χ0) is 15.2. The van der Waals surface area contributed by atoms with Gasteiger partial charge in [0.15, 0.2) is 6.17 Å². The number of anilines is 1. The lowest BCUT2D eigenvalue weighted by atomic mass is 9.82. The number of hydrogen-bond donors (Lipinski definition) is 3. The van der Waals surface area contributed by atoms with Gasteiger partial charge >= 0.3 is 0 Å². The van der Waals surface area contributed by atoms with Gasteiger partial charge in [-0.2, -0.15) is 10.4 Å². The van der Waals surface area contributed by atoms with E-state index in [1.807, 2.05) is 6.07 Å². The SMILES string of the molecule is N#C[C@@]1(c2ccc3c(N)ccnn23)C[C@H](CO)[C@@H](O)[C@H]1F. The molecule has 2 aromatic rings. The third-order valence-electron chi connectivity index (χ3n) is 4.32. The molecule has 0 radical (unpaired) electrons. The Kier molecular flexibility index (Phi) is 3.08. The highest BCUT2D eigenvalue weighted by Crippen LogP contribution is 2.46. The Morgan fingerprint density at radius 3 is 2.90 bits per heavy atom. The van der Waals surface area contributed by atoms with Crippen LogP contribution in [0.1, 0.15) is 12.1 Å². The maximum atomic E-state index is 14.6. The largest absolute Gasteiger partial charge is 0.397 e. The first-order valence-electron chi connectivity index (χ1n) is 6.62. The van der Waals surface area contributed by atoms with Gasteiger partial charge in [0, 0.05) is 18.7 Å². The lowest BCUT2D eigenvalue weighted by molar-refractivity contribution is 0.0388. The lowest BCUT2D eigenvalue weighted by Crippen LogP contribution is -2.36. The standard InChI is InChI=1S/C14H15FN4O2/c15-13-12(21)8(6-20)5-14(13,7-16)11-2-1-10-9(17)3-4-18-19(10)11/h1-4,8,12-13,20-21H,5-6,17H2/t8-,12-,13-,14-/m1/s1. The van der Waals surface area contributed by atoms with Crippen molar-refractivity contribution < 1.29 is 14.6 Å². The Morgan fingerprint density at radius 1 is 1.52 bits per heavy atom. The van der Waals surface area contributed by atoms with Crippen LogP contribution < -0.4 is 5.73 Å². The molecule has 110 valence electrons. The Bertz CT molecular complexity index is 725. The molecule has 1 saturated carbocycles. The second-order valence-corrected chi connectivity index (χ2v) is 5.42. The minimum Gasteiger partial charge on any atom is -0.397 e. The van der Waals surface area contributed by atoms with E-state index < -0.39 is 23.6 Å². The lowest BCUT2D eigenvalue weighted by Gasteiger charge is -2.23. The molecule has 2 aromatic heterocycles. The molecule has 1 fully saturated rings.